The first kappa shape index (κ1) is 15.7. The number of fused-ring (bicyclic) bond motifs is 1. The van der Waals surface area contributed by atoms with Gasteiger partial charge in [0.05, 0.1) is 0 Å². The molecule has 0 bridgehead atoms. The van der Waals surface area contributed by atoms with Crippen molar-refractivity contribution >= 4 is 62.8 Å². The topological polar surface area (TPSA) is 72.7 Å². The molecule has 0 aliphatic heterocycles. The van der Waals surface area contributed by atoms with E-state index >= 15 is 0 Å². The monoisotopic (exact) mass is 367 g/mol. The second-order valence-corrected chi connectivity index (χ2v) is 5.69. The van der Waals surface area contributed by atoms with Crippen LogP contribution < -0.4 is 5.32 Å². The molecule has 3 rings (SSSR count). The Labute approximate surface area is 145 Å². The molecule has 0 atom stereocenters. The highest BCUT2D eigenvalue weighted by Crippen LogP contribution is 2.27. The Balaban J connectivity index is 2.00. The van der Waals surface area contributed by atoms with Crippen molar-refractivity contribution in [2.75, 3.05) is 5.32 Å². The Kier molecular flexibility index (Phi) is 4.47. The number of nitrogens with one attached hydrogen (secondary N) is 1. The van der Waals surface area contributed by atoms with Gasteiger partial charge in [0, 0.05) is 5.56 Å². The van der Waals surface area contributed by atoms with E-state index in [0.29, 0.717) is 16.7 Å². The molecule has 2 heterocycles. The minimum Gasteiger partial charge on any atom is -0.305 e. The molecule has 9 heteroatoms. The van der Waals surface area contributed by atoms with Gasteiger partial charge in [-0.25, -0.2) is 15.0 Å². The minimum absolute atomic E-state index is 0.0508. The fourth-order valence-corrected chi connectivity index (χ4v) is 2.24. The van der Waals surface area contributed by atoms with Crippen molar-refractivity contribution in [1.82, 2.24) is 19.5 Å². The molecule has 0 aliphatic carbocycles. The fraction of sp³-hybridized carbons (Fsp3) is 0. The maximum atomic E-state index is 12.2. The Hall–Kier alpha value is -2.15. The lowest BCUT2D eigenvalue weighted by Crippen LogP contribution is -2.13. The molecule has 0 saturated heterocycles. The van der Waals surface area contributed by atoms with Crippen LogP contribution >= 0.6 is 34.8 Å². The summed E-state index contributed by atoms with van der Waals surface area (Å²) in [5.41, 5.74) is 1.23. The van der Waals surface area contributed by atoms with E-state index < -0.39 is 0 Å². The van der Waals surface area contributed by atoms with Crippen molar-refractivity contribution in [3.8, 4) is 0 Å². The highest BCUT2D eigenvalue weighted by molar-refractivity contribution is 6.65. The fourth-order valence-electron chi connectivity index (χ4n) is 1.93. The molecule has 3 aromatic rings. The van der Waals surface area contributed by atoms with Crippen molar-refractivity contribution in [3.63, 3.8) is 0 Å². The summed E-state index contributed by atoms with van der Waals surface area (Å²) in [4.78, 5) is 24.5. The van der Waals surface area contributed by atoms with Crippen LogP contribution in [-0.2, 0) is 0 Å². The number of imidazole rings is 1. The number of aromatic nitrogens is 4. The molecule has 1 aromatic carbocycles. The minimum atomic E-state index is -0.308. The van der Waals surface area contributed by atoms with Crippen LogP contribution in [0.2, 0.25) is 0 Å². The molecule has 1 N–H and O–H groups in total. The molecule has 2 aromatic heterocycles. The van der Waals surface area contributed by atoms with Gasteiger partial charge in [0.25, 0.3) is 5.91 Å². The SMILES string of the molecule is O=C(Nc1ncnc2c1ncn2C(Cl)=C(Cl)Cl)c1ccccc1. The van der Waals surface area contributed by atoms with Gasteiger partial charge in [0.15, 0.2) is 17.0 Å². The number of halogens is 3. The van der Waals surface area contributed by atoms with Crippen molar-refractivity contribution in [1.29, 1.82) is 0 Å². The molecule has 0 spiro atoms. The average molecular weight is 369 g/mol. The molecule has 0 aliphatic rings. The summed E-state index contributed by atoms with van der Waals surface area (Å²) in [5, 5.41) is 2.74. The summed E-state index contributed by atoms with van der Waals surface area (Å²) in [5.74, 6) is -0.0464. The second-order valence-electron chi connectivity index (χ2n) is 4.38. The summed E-state index contributed by atoms with van der Waals surface area (Å²) >= 11 is 17.4. The van der Waals surface area contributed by atoms with Gasteiger partial charge < -0.3 is 5.32 Å². The summed E-state index contributed by atoms with van der Waals surface area (Å²) in [6.07, 6.45) is 2.68. The van der Waals surface area contributed by atoms with E-state index in [1.54, 1.807) is 24.3 Å². The number of amides is 1. The Morgan fingerprint density at radius 1 is 1.04 bits per heavy atom. The van der Waals surface area contributed by atoms with E-state index in [1.165, 1.54) is 17.2 Å². The van der Waals surface area contributed by atoms with Crippen molar-refractivity contribution in [2.45, 2.75) is 0 Å². The van der Waals surface area contributed by atoms with Crippen LogP contribution in [0, 0.1) is 0 Å². The average Bonchev–Trinajstić information content (AvgIpc) is 3.00. The maximum absolute atomic E-state index is 12.2. The predicted molar refractivity (Wildman–Crippen MR) is 90.5 cm³/mol. The number of anilines is 1. The van der Waals surface area contributed by atoms with Gasteiger partial charge in [-0.2, -0.15) is 0 Å². The number of benzene rings is 1. The summed E-state index contributed by atoms with van der Waals surface area (Å²) in [6, 6.07) is 8.75. The van der Waals surface area contributed by atoms with Crippen LogP contribution in [0.25, 0.3) is 16.3 Å². The molecule has 116 valence electrons. The third-order valence-corrected chi connectivity index (χ3v) is 3.89. The predicted octanol–water partition coefficient (Wildman–Crippen LogP) is 3.88. The first-order valence-corrected chi connectivity index (χ1v) is 7.47. The first-order chi connectivity index (χ1) is 11.1. The van der Waals surface area contributed by atoms with E-state index in [1.807, 2.05) is 6.07 Å². The first-order valence-electron chi connectivity index (χ1n) is 6.33. The van der Waals surface area contributed by atoms with Crippen LogP contribution in [0.4, 0.5) is 5.82 Å². The zero-order chi connectivity index (χ0) is 16.4. The van der Waals surface area contributed by atoms with E-state index in [-0.39, 0.29) is 21.4 Å². The Morgan fingerprint density at radius 2 is 1.78 bits per heavy atom. The van der Waals surface area contributed by atoms with Crippen molar-refractivity contribution in [2.24, 2.45) is 0 Å². The molecule has 0 fully saturated rings. The lowest BCUT2D eigenvalue weighted by Gasteiger charge is -2.05. The number of rotatable bonds is 3. The number of nitrogens with zero attached hydrogens (tertiary/aromatic N) is 4. The highest BCUT2D eigenvalue weighted by Gasteiger charge is 2.15. The van der Waals surface area contributed by atoms with Crippen LogP contribution in [-0.4, -0.2) is 25.4 Å². The van der Waals surface area contributed by atoms with Gasteiger partial charge in [-0.05, 0) is 12.1 Å². The molecule has 23 heavy (non-hydrogen) atoms. The van der Waals surface area contributed by atoms with Gasteiger partial charge >= 0.3 is 0 Å². The third kappa shape index (κ3) is 3.14. The van der Waals surface area contributed by atoms with Gasteiger partial charge in [-0.1, -0.05) is 53.0 Å². The largest absolute Gasteiger partial charge is 0.305 e. The smallest absolute Gasteiger partial charge is 0.256 e. The Morgan fingerprint density at radius 3 is 2.48 bits per heavy atom. The molecular formula is C14H8Cl3N5O. The van der Waals surface area contributed by atoms with Crippen LogP contribution in [0.3, 0.4) is 0 Å². The number of carbonyl (C=O) groups excluding carboxylic acids is 1. The van der Waals surface area contributed by atoms with Gasteiger partial charge in [0.1, 0.15) is 22.3 Å². The number of hydrogen-bond acceptors (Lipinski definition) is 4. The highest BCUT2D eigenvalue weighted by atomic mass is 35.5. The second kappa shape index (κ2) is 6.54. The summed E-state index contributed by atoms with van der Waals surface area (Å²) in [6.45, 7) is 0. The van der Waals surface area contributed by atoms with E-state index in [4.69, 9.17) is 34.8 Å². The number of carbonyl (C=O) groups is 1. The van der Waals surface area contributed by atoms with Crippen LogP contribution in [0.15, 0.2) is 47.5 Å². The molecule has 0 saturated carbocycles. The van der Waals surface area contributed by atoms with Crippen LogP contribution in [0.5, 0.6) is 0 Å². The molecule has 1 amide bonds. The zero-order valence-electron chi connectivity index (χ0n) is 11.4. The maximum Gasteiger partial charge on any atom is 0.256 e. The quantitative estimate of drug-likeness (QED) is 0.761. The lowest BCUT2D eigenvalue weighted by molar-refractivity contribution is 0.102. The van der Waals surface area contributed by atoms with Gasteiger partial charge in [-0.15, -0.1) is 0 Å². The zero-order valence-corrected chi connectivity index (χ0v) is 13.6. The number of hydrogen-bond donors (Lipinski definition) is 1. The van der Waals surface area contributed by atoms with E-state index in [9.17, 15) is 4.79 Å². The third-order valence-electron chi connectivity index (χ3n) is 2.97. The van der Waals surface area contributed by atoms with Gasteiger partial charge in [0.2, 0.25) is 0 Å². The van der Waals surface area contributed by atoms with E-state index in [0.717, 1.165) is 0 Å². The molecule has 6 nitrogen and oxygen atoms in total. The van der Waals surface area contributed by atoms with E-state index in [2.05, 4.69) is 20.3 Å². The van der Waals surface area contributed by atoms with Crippen LogP contribution in [0.1, 0.15) is 10.4 Å². The lowest BCUT2D eigenvalue weighted by atomic mass is 10.2. The van der Waals surface area contributed by atoms with Gasteiger partial charge in [-0.3, -0.25) is 9.36 Å². The molecule has 0 unspecified atom stereocenters. The normalized spacial score (nSPS) is 10.6. The molecular weight excluding hydrogens is 361 g/mol. The van der Waals surface area contributed by atoms with Crippen molar-refractivity contribution in [3.05, 3.63) is 53.0 Å². The summed E-state index contributed by atoms with van der Waals surface area (Å²) in [7, 11) is 0. The standard InChI is InChI=1S/C14H8Cl3N5O/c15-10(16)11(17)22-7-20-9-12(18-6-19-13(9)22)21-14(23)8-4-2-1-3-5-8/h1-7H,(H,18,19,21,23). The Bertz CT molecular complexity index is 903. The molecule has 0 radical (unpaired) electrons. The van der Waals surface area contributed by atoms with Crippen molar-refractivity contribution < 1.29 is 4.79 Å². The summed E-state index contributed by atoms with van der Waals surface area (Å²) < 4.78 is 1.27.